The number of halogens is 3. The molecule has 2 rings (SSSR count). The number of hydrogen-bond acceptors (Lipinski definition) is 4. The van der Waals surface area contributed by atoms with Crippen molar-refractivity contribution in [1.82, 2.24) is 4.90 Å². The van der Waals surface area contributed by atoms with E-state index in [1.807, 2.05) is 0 Å². The minimum atomic E-state index is -4.50. The third-order valence-corrected chi connectivity index (χ3v) is 5.75. The summed E-state index contributed by atoms with van der Waals surface area (Å²) in [6, 6.07) is 6.81. The molecule has 1 unspecified atom stereocenters. The van der Waals surface area contributed by atoms with Crippen LogP contribution in [0.4, 0.5) is 23.7 Å². The van der Waals surface area contributed by atoms with Gasteiger partial charge in [-0.05, 0) is 75.1 Å². The summed E-state index contributed by atoms with van der Waals surface area (Å²) in [4.78, 5) is 38.5. The number of alkyl halides is 3. The van der Waals surface area contributed by atoms with Gasteiger partial charge in [-0.15, -0.1) is 0 Å². The van der Waals surface area contributed by atoms with Crippen LogP contribution < -0.4 is 9.64 Å². The normalized spacial score (nSPS) is 13.0. The van der Waals surface area contributed by atoms with Gasteiger partial charge in [0.15, 0.2) is 0 Å². The maximum atomic E-state index is 13.0. The van der Waals surface area contributed by atoms with Crippen LogP contribution in [0.3, 0.4) is 0 Å². The maximum Gasteiger partial charge on any atom is 0.416 e. The Labute approximate surface area is 202 Å². The average Bonchev–Trinajstić information content (AvgIpc) is 2.79. The van der Waals surface area contributed by atoms with Crippen LogP contribution >= 0.6 is 0 Å². The van der Waals surface area contributed by atoms with Crippen molar-refractivity contribution in [2.24, 2.45) is 0 Å². The van der Waals surface area contributed by atoms with Crippen molar-refractivity contribution < 1.29 is 37.4 Å². The Kier molecular flexibility index (Phi) is 8.54. The molecule has 0 fully saturated rings. The first-order chi connectivity index (χ1) is 16.3. The van der Waals surface area contributed by atoms with Crippen LogP contribution in [-0.4, -0.2) is 40.6 Å². The van der Waals surface area contributed by atoms with Crippen molar-refractivity contribution in [3.63, 3.8) is 0 Å². The third-order valence-electron chi connectivity index (χ3n) is 5.75. The summed E-state index contributed by atoms with van der Waals surface area (Å²) in [7, 11) is 0. The molecule has 0 saturated heterocycles. The number of aliphatic carboxylic acids is 1. The molecule has 0 aliphatic carbocycles. The van der Waals surface area contributed by atoms with E-state index in [1.54, 1.807) is 39.8 Å². The van der Waals surface area contributed by atoms with E-state index in [9.17, 15) is 32.7 Å². The first kappa shape index (κ1) is 27.7. The number of amides is 3. The Morgan fingerprint density at radius 1 is 1.06 bits per heavy atom. The fourth-order valence-electron chi connectivity index (χ4n) is 3.54. The number of carboxylic acid groups (broad SMARTS) is 1. The zero-order valence-corrected chi connectivity index (χ0v) is 20.3. The van der Waals surface area contributed by atoms with Gasteiger partial charge in [-0.1, -0.05) is 19.1 Å². The van der Waals surface area contributed by atoms with E-state index in [4.69, 9.17) is 4.74 Å². The topological polar surface area (TPSA) is 87.2 Å². The van der Waals surface area contributed by atoms with Gasteiger partial charge >= 0.3 is 18.2 Å². The number of carbonyl (C=O) groups is 3. The van der Waals surface area contributed by atoms with Crippen LogP contribution in [-0.2, 0) is 22.3 Å². The largest absolute Gasteiger partial charge is 0.478 e. The fourth-order valence-corrected chi connectivity index (χ4v) is 3.54. The number of carboxylic acids is 1. The van der Waals surface area contributed by atoms with Crippen molar-refractivity contribution in [2.75, 3.05) is 11.4 Å². The number of ether oxygens (including phenoxy) is 1. The van der Waals surface area contributed by atoms with E-state index in [1.165, 1.54) is 24.0 Å². The van der Waals surface area contributed by atoms with E-state index >= 15 is 0 Å². The van der Waals surface area contributed by atoms with Crippen molar-refractivity contribution >= 4 is 24.1 Å². The molecule has 1 atom stereocenters. The molecule has 3 amide bonds. The molecule has 0 aliphatic heterocycles. The number of imide groups is 1. The number of urea groups is 1. The average molecular weight is 495 g/mol. The van der Waals surface area contributed by atoms with Gasteiger partial charge in [0.25, 0.3) is 0 Å². The Morgan fingerprint density at radius 3 is 2.00 bits per heavy atom. The van der Waals surface area contributed by atoms with E-state index in [-0.39, 0.29) is 25.2 Å². The highest BCUT2D eigenvalue weighted by Crippen LogP contribution is 2.32. The minimum Gasteiger partial charge on any atom is -0.478 e. The summed E-state index contributed by atoms with van der Waals surface area (Å²) in [6.45, 7) is 8.34. The molecule has 0 bridgehead atoms. The minimum absolute atomic E-state index is 0.0919. The van der Waals surface area contributed by atoms with Gasteiger partial charge in [0.1, 0.15) is 5.75 Å². The first-order valence-corrected chi connectivity index (χ1v) is 11.0. The molecular formula is C25H29F3N2O5. The lowest BCUT2D eigenvalue weighted by atomic mass is 10.0. The zero-order valence-electron chi connectivity index (χ0n) is 20.3. The number of rotatable bonds is 9. The molecule has 0 heterocycles. The second-order valence-electron chi connectivity index (χ2n) is 8.36. The van der Waals surface area contributed by atoms with Gasteiger partial charge in [-0.2, -0.15) is 13.2 Å². The number of anilines is 1. The van der Waals surface area contributed by atoms with Crippen molar-refractivity contribution in [1.29, 1.82) is 0 Å². The lowest BCUT2D eigenvalue weighted by Gasteiger charge is -2.28. The second kappa shape index (κ2) is 10.8. The van der Waals surface area contributed by atoms with Gasteiger partial charge in [-0.3, -0.25) is 14.6 Å². The summed E-state index contributed by atoms with van der Waals surface area (Å²) < 4.78 is 44.4. The summed E-state index contributed by atoms with van der Waals surface area (Å²) in [5, 5.41) is 9.50. The Balaban J connectivity index is 2.28. The van der Waals surface area contributed by atoms with Crippen molar-refractivity contribution in [3.8, 4) is 5.75 Å². The molecule has 0 aliphatic rings. The summed E-state index contributed by atoms with van der Waals surface area (Å²) in [6.07, 6.45) is -3.89. The maximum absolute atomic E-state index is 13.0. The third kappa shape index (κ3) is 6.32. The highest BCUT2D eigenvalue weighted by Gasteiger charge is 2.35. The first-order valence-electron chi connectivity index (χ1n) is 11.0. The Morgan fingerprint density at radius 2 is 1.60 bits per heavy atom. The standard InChI is InChI=1S/C25H29F3N2O5/c1-6-24(5,22(32)33)35-21-16(3)12-18(13-17(21)4)14-29(15-31)23(34)30(7-2)20-10-8-19(9-11-20)25(26,27)28/h8-13,15H,6-7,14H2,1-5H3,(H,32,33). The van der Waals surface area contributed by atoms with Gasteiger partial charge < -0.3 is 9.84 Å². The molecule has 10 heteroatoms. The quantitative estimate of drug-likeness (QED) is 0.461. The highest BCUT2D eigenvalue weighted by atomic mass is 19.4. The fraction of sp³-hybridized carbons (Fsp3) is 0.400. The van der Waals surface area contributed by atoms with Crippen LogP contribution in [0.5, 0.6) is 5.75 Å². The molecule has 0 spiro atoms. The molecule has 190 valence electrons. The molecule has 2 aromatic rings. The molecule has 0 saturated carbocycles. The van der Waals surface area contributed by atoms with Crippen LogP contribution in [0.2, 0.25) is 0 Å². The summed E-state index contributed by atoms with van der Waals surface area (Å²) in [5.41, 5.74) is -0.160. The van der Waals surface area contributed by atoms with Crippen LogP contribution in [0.15, 0.2) is 36.4 Å². The van der Waals surface area contributed by atoms with Crippen LogP contribution in [0.25, 0.3) is 0 Å². The smallest absolute Gasteiger partial charge is 0.416 e. The predicted molar refractivity (Wildman–Crippen MR) is 124 cm³/mol. The lowest BCUT2D eigenvalue weighted by molar-refractivity contribution is -0.154. The van der Waals surface area contributed by atoms with Gasteiger partial charge in [0.05, 0.1) is 12.1 Å². The van der Waals surface area contributed by atoms with Crippen molar-refractivity contribution in [2.45, 2.75) is 59.4 Å². The van der Waals surface area contributed by atoms with Gasteiger partial charge in [0.2, 0.25) is 12.0 Å². The Hall–Kier alpha value is -3.56. The number of nitrogens with zero attached hydrogens (tertiary/aromatic N) is 2. The predicted octanol–water partition coefficient (Wildman–Crippen LogP) is 5.56. The zero-order chi connectivity index (χ0) is 26.6. The van der Waals surface area contributed by atoms with Crippen molar-refractivity contribution in [3.05, 3.63) is 58.7 Å². The molecule has 1 N–H and O–H groups in total. The Bertz CT molecular complexity index is 1060. The summed E-state index contributed by atoms with van der Waals surface area (Å²) in [5.74, 6) is -0.687. The lowest BCUT2D eigenvalue weighted by Crippen LogP contribution is -2.42. The second-order valence-corrected chi connectivity index (χ2v) is 8.36. The molecule has 35 heavy (non-hydrogen) atoms. The molecular weight excluding hydrogens is 465 g/mol. The molecule has 7 nitrogen and oxygen atoms in total. The van der Waals surface area contributed by atoms with Crippen LogP contribution in [0.1, 0.15) is 49.4 Å². The van der Waals surface area contributed by atoms with E-state index in [0.29, 0.717) is 28.8 Å². The van der Waals surface area contributed by atoms with E-state index in [2.05, 4.69) is 0 Å². The number of carbonyl (C=O) groups excluding carboxylic acids is 2. The van der Waals surface area contributed by atoms with Crippen LogP contribution in [0, 0.1) is 13.8 Å². The highest BCUT2D eigenvalue weighted by molar-refractivity contribution is 5.97. The molecule has 0 aromatic heterocycles. The number of benzene rings is 2. The van der Waals surface area contributed by atoms with Gasteiger partial charge in [0, 0.05) is 12.2 Å². The van der Waals surface area contributed by atoms with E-state index in [0.717, 1.165) is 17.0 Å². The van der Waals surface area contributed by atoms with Gasteiger partial charge in [-0.25, -0.2) is 9.59 Å². The molecule has 2 aromatic carbocycles. The summed E-state index contributed by atoms with van der Waals surface area (Å²) >= 11 is 0. The van der Waals surface area contributed by atoms with E-state index < -0.39 is 29.3 Å². The molecule has 0 radical (unpaired) electrons. The SMILES string of the molecule is CCN(C(=O)N(C=O)Cc1cc(C)c(OC(C)(CC)C(=O)O)c(C)c1)c1ccc(C(F)(F)F)cc1. The monoisotopic (exact) mass is 494 g/mol. The number of aryl methyl sites for hydroxylation is 2. The number of hydrogen-bond donors (Lipinski definition) is 1.